The molecule has 1 rings (SSSR count). The van der Waals surface area contributed by atoms with Crippen LogP contribution in [0.5, 0.6) is 0 Å². The summed E-state index contributed by atoms with van der Waals surface area (Å²) in [6.45, 7) is 13.4. The third-order valence-corrected chi connectivity index (χ3v) is 7.33. The molecule has 1 aliphatic carbocycles. The number of unbranched alkanes of at least 4 members (excludes halogenated alkanes) is 7. The van der Waals surface area contributed by atoms with E-state index in [4.69, 9.17) is 5.26 Å². The van der Waals surface area contributed by atoms with Crippen LogP contribution in [-0.2, 0) is 9.68 Å². The molecule has 0 saturated heterocycles. The Balaban J connectivity index is 2.54. The van der Waals surface area contributed by atoms with Gasteiger partial charge in [0.1, 0.15) is 0 Å². The Morgan fingerprint density at radius 2 is 1.69 bits per heavy atom. The van der Waals surface area contributed by atoms with Gasteiger partial charge in [0.05, 0.1) is 5.92 Å². The maximum Gasteiger partial charge on any atom is 0.345 e. The highest BCUT2D eigenvalue weighted by Crippen LogP contribution is 2.40. The number of hydrogen-bond donors (Lipinski definition) is 1. The number of allylic oxidation sites excluding steroid dienone is 10. The molecule has 1 aliphatic rings. The summed E-state index contributed by atoms with van der Waals surface area (Å²) in [5.41, 5.74) is 5.58. The van der Waals surface area contributed by atoms with Crippen LogP contribution in [0.15, 0.2) is 58.7 Å². The summed E-state index contributed by atoms with van der Waals surface area (Å²) >= 11 is 0. The van der Waals surface area contributed by atoms with E-state index in [1.165, 1.54) is 74.5 Å². The second-order valence-corrected chi connectivity index (χ2v) is 11.1. The Labute approximate surface area is 216 Å². The number of carbonyl (C=O) groups is 1. The van der Waals surface area contributed by atoms with Crippen LogP contribution < -0.4 is 0 Å². The predicted octanol–water partition coefficient (Wildman–Crippen LogP) is 10.1. The molecule has 0 fully saturated rings. The first-order valence-electron chi connectivity index (χ1n) is 14.0. The van der Waals surface area contributed by atoms with Crippen LogP contribution in [0, 0.1) is 11.3 Å². The molecule has 0 radical (unpaired) electrons. The Bertz CT molecular complexity index is 777. The third kappa shape index (κ3) is 13.1. The molecular formula is C32H52O3. The van der Waals surface area contributed by atoms with Crippen molar-refractivity contribution in [2.24, 2.45) is 11.3 Å². The van der Waals surface area contributed by atoms with Gasteiger partial charge in [-0.1, -0.05) is 125 Å². The van der Waals surface area contributed by atoms with Gasteiger partial charge < -0.3 is 4.89 Å². The molecule has 0 aromatic carbocycles. The molecule has 35 heavy (non-hydrogen) atoms. The first kappa shape index (κ1) is 31.2. The summed E-state index contributed by atoms with van der Waals surface area (Å²) in [7, 11) is 0. The monoisotopic (exact) mass is 484 g/mol. The van der Waals surface area contributed by atoms with Gasteiger partial charge in [-0.3, -0.25) is 0 Å². The lowest BCUT2D eigenvalue weighted by Gasteiger charge is -2.32. The summed E-state index contributed by atoms with van der Waals surface area (Å²) in [6, 6.07) is 0. The molecule has 1 unspecified atom stereocenters. The molecule has 0 spiro atoms. The molecule has 0 aromatic heterocycles. The smallest absolute Gasteiger partial charge is 0.301 e. The van der Waals surface area contributed by atoms with Crippen molar-refractivity contribution in [1.29, 1.82) is 0 Å². The van der Waals surface area contributed by atoms with E-state index in [0.717, 1.165) is 24.8 Å². The normalized spacial score (nSPS) is 18.0. The SMILES string of the molecule is CCCCCCCCCCC(CC=C(C)C=CC=C(C)C=CC1=C(C)CCCC1(C)C)C(=O)OO. The van der Waals surface area contributed by atoms with Crippen molar-refractivity contribution in [2.75, 3.05) is 0 Å². The highest BCUT2D eigenvalue weighted by atomic mass is 17.1. The van der Waals surface area contributed by atoms with Crippen molar-refractivity contribution in [3.63, 3.8) is 0 Å². The zero-order chi connectivity index (χ0) is 26.1. The van der Waals surface area contributed by atoms with Crippen molar-refractivity contribution in [1.82, 2.24) is 0 Å². The Kier molecular flexibility index (Phi) is 15.6. The van der Waals surface area contributed by atoms with Crippen LogP contribution in [0.2, 0.25) is 0 Å². The minimum absolute atomic E-state index is 0.259. The van der Waals surface area contributed by atoms with E-state index in [1.54, 1.807) is 0 Å². The van der Waals surface area contributed by atoms with Crippen LogP contribution in [0.25, 0.3) is 0 Å². The average Bonchev–Trinajstić information content (AvgIpc) is 2.81. The van der Waals surface area contributed by atoms with E-state index < -0.39 is 5.97 Å². The Morgan fingerprint density at radius 1 is 1.03 bits per heavy atom. The first-order chi connectivity index (χ1) is 16.7. The second kappa shape index (κ2) is 17.5. The van der Waals surface area contributed by atoms with Gasteiger partial charge in [-0.15, -0.1) is 0 Å². The fourth-order valence-electron chi connectivity index (χ4n) is 4.96. The highest BCUT2D eigenvalue weighted by molar-refractivity contribution is 5.71. The van der Waals surface area contributed by atoms with Crippen molar-refractivity contribution in [2.45, 2.75) is 125 Å². The van der Waals surface area contributed by atoms with Crippen LogP contribution in [0.1, 0.15) is 125 Å². The zero-order valence-corrected chi connectivity index (χ0v) is 23.5. The molecule has 0 heterocycles. The summed E-state index contributed by atoms with van der Waals surface area (Å²) in [6.07, 6.45) is 27.8. The Hall–Kier alpha value is -1.87. The molecule has 1 N–H and O–H groups in total. The van der Waals surface area contributed by atoms with Crippen LogP contribution >= 0.6 is 0 Å². The number of rotatable bonds is 16. The number of hydrogen-bond acceptors (Lipinski definition) is 3. The van der Waals surface area contributed by atoms with Crippen molar-refractivity contribution in [3.05, 3.63) is 58.7 Å². The molecule has 1 atom stereocenters. The van der Waals surface area contributed by atoms with Gasteiger partial charge in [0.25, 0.3) is 0 Å². The van der Waals surface area contributed by atoms with Gasteiger partial charge >= 0.3 is 5.97 Å². The van der Waals surface area contributed by atoms with Crippen molar-refractivity contribution >= 4 is 5.97 Å². The van der Waals surface area contributed by atoms with E-state index in [-0.39, 0.29) is 11.3 Å². The molecule has 0 aromatic rings. The van der Waals surface area contributed by atoms with Gasteiger partial charge in [0.2, 0.25) is 0 Å². The van der Waals surface area contributed by atoms with Crippen LogP contribution in [0.4, 0.5) is 0 Å². The standard InChI is InChI=1S/C32H52O3/c1-7-8-9-10-11-12-13-14-20-29(31(33)35-34)23-21-26(2)17-15-18-27(3)22-24-30-28(4)19-16-25-32(30,5)6/h15,17-18,21-22,24,29,34H,7-14,16,19-20,23,25H2,1-6H3. The lowest BCUT2D eigenvalue weighted by atomic mass is 9.72. The molecule has 3 nitrogen and oxygen atoms in total. The minimum atomic E-state index is -0.517. The van der Waals surface area contributed by atoms with Gasteiger partial charge in [-0.05, 0) is 63.9 Å². The molecule has 198 valence electrons. The Morgan fingerprint density at radius 3 is 2.31 bits per heavy atom. The largest absolute Gasteiger partial charge is 0.345 e. The topological polar surface area (TPSA) is 46.5 Å². The van der Waals surface area contributed by atoms with E-state index >= 15 is 0 Å². The van der Waals surface area contributed by atoms with Gasteiger partial charge in [-0.25, -0.2) is 4.79 Å². The van der Waals surface area contributed by atoms with Crippen molar-refractivity contribution < 1.29 is 14.9 Å². The van der Waals surface area contributed by atoms with E-state index in [0.29, 0.717) is 6.42 Å². The first-order valence-corrected chi connectivity index (χ1v) is 14.0. The maximum absolute atomic E-state index is 12.0. The van der Waals surface area contributed by atoms with E-state index in [9.17, 15) is 4.79 Å². The molecular weight excluding hydrogens is 432 g/mol. The third-order valence-electron chi connectivity index (χ3n) is 7.33. The fourth-order valence-corrected chi connectivity index (χ4v) is 4.96. The van der Waals surface area contributed by atoms with E-state index in [2.05, 4.69) is 76.0 Å². The average molecular weight is 485 g/mol. The summed E-state index contributed by atoms with van der Waals surface area (Å²) in [5.74, 6) is -0.795. The van der Waals surface area contributed by atoms with E-state index in [1.807, 2.05) is 6.92 Å². The molecule has 0 amide bonds. The molecule has 0 aliphatic heterocycles. The molecule has 0 bridgehead atoms. The summed E-state index contributed by atoms with van der Waals surface area (Å²) in [5, 5.41) is 8.89. The maximum atomic E-state index is 12.0. The minimum Gasteiger partial charge on any atom is -0.301 e. The summed E-state index contributed by atoms with van der Waals surface area (Å²) in [4.78, 5) is 16.1. The van der Waals surface area contributed by atoms with Crippen LogP contribution in [-0.4, -0.2) is 11.2 Å². The van der Waals surface area contributed by atoms with Gasteiger partial charge in [0.15, 0.2) is 0 Å². The van der Waals surface area contributed by atoms with Gasteiger partial charge in [0, 0.05) is 0 Å². The zero-order valence-electron chi connectivity index (χ0n) is 23.5. The quantitative estimate of drug-likeness (QED) is 0.103. The predicted molar refractivity (Wildman–Crippen MR) is 150 cm³/mol. The second-order valence-electron chi connectivity index (χ2n) is 11.1. The van der Waals surface area contributed by atoms with Crippen LogP contribution in [0.3, 0.4) is 0 Å². The fraction of sp³-hybridized carbons (Fsp3) is 0.656. The number of carbonyl (C=O) groups excluding carboxylic acids is 1. The lowest BCUT2D eigenvalue weighted by Crippen LogP contribution is -2.19. The molecule has 3 heteroatoms. The van der Waals surface area contributed by atoms with Gasteiger partial charge in [-0.2, -0.15) is 5.26 Å². The molecule has 0 saturated carbocycles. The highest BCUT2D eigenvalue weighted by Gasteiger charge is 2.26. The summed E-state index contributed by atoms with van der Waals surface area (Å²) < 4.78 is 0. The van der Waals surface area contributed by atoms with Crippen molar-refractivity contribution in [3.8, 4) is 0 Å². The lowest BCUT2D eigenvalue weighted by molar-refractivity contribution is -0.239.